The summed E-state index contributed by atoms with van der Waals surface area (Å²) in [5.74, 6) is 2.40. The molecule has 0 aliphatic carbocycles. The van der Waals surface area contributed by atoms with E-state index in [0.717, 1.165) is 11.3 Å². The first-order chi connectivity index (χ1) is 13.7. The smallest absolute Gasteiger partial charge is 0.410 e. The Hall–Kier alpha value is -2.95. The molecule has 8 heteroatoms. The van der Waals surface area contributed by atoms with E-state index in [1.807, 2.05) is 20.8 Å². The van der Waals surface area contributed by atoms with Gasteiger partial charge >= 0.3 is 6.09 Å². The number of ether oxygens (including phenoxy) is 1. The highest BCUT2D eigenvalue weighted by Gasteiger charge is 2.38. The van der Waals surface area contributed by atoms with Crippen molar-refractivity contribution < 1.29 is 14.3 Å². The molecule has 0 fully saturated rings. The van der Waals surface area contributed by atoms with Gasteiger partial charge in [-0.1, -0.05) is 0 Å². The van der Waals surface area contributed by atoms with E-state index in [0.29, 0.717) is 50.9 Å². The van der Waals surface area contributed by atoms with Gasteiger partial charge in [0.05, 0.1) is 6.54 Å². The number of carbonyl (C=O) groups excluding carboxylic acids is 2. The molecule has 0 saturated heterocycles. The van der Waals surface area contributed by atoms with E-state index in [4.69, 9.17) is 11.2 Å². The van der Waals surface area contributed by atoms with Gasteiger partial charge in [-0.15, -0.1) is 12.3 Å². The van der Waals surface area contributed by atoms with Crippen molar-refractivity contribution in [2.75, 3.05) is 13.1 Å². The second kappa shape index (κ2) is 8.19. The number of hydrogen-bond donors (Lipinski definition) is 1. The number of hydrogen-bond acceptors (Lipinski definition) is 6. The second-order valence-electron chi connectivity index (χ2n) is 8.33. The highest BCUT2D eigenvalue weighted by Crippen LogP contribution is 2.36. The lowest BCUT2D eigenvalue weighted by Gasteiger charge is -2.31. The number of aromatic nitrogens is 1. The molecule has 1 N–H and O–H groups in total. The average molecular weight is 397 g/mol. The van der Waals surface area contributed by atoms with Gasteiger partial charge < -0.3 is 15.0 Å². The van der Waals surface area contributed by atoms with Crippen LogP contribution in [0.4, 0.5) is 4.79 Å². The van der Waals surface area contributed by atoms with Crippen molar-refractivity contribution in [2.24, 2.45) is 10.2 Å². The lowest BCUT2D eigenvalue weighted by Crippen LogP contribution is -2.41. The van der Waals surface area contributed by atoms with E-state index in [1.54, 1.807) is 17.2 Å². The van der Waals surface area contributed by atoms with Gasteiger partial charge in [-0.25, -0.2) is 4.79 Å². The van der Waals surface area contributed by atoms with E-state index >= 15 is 0 Å². The Balaban J connectivity index is 1.62. The van der Waals surface area contributed by atoms with Crippen LogP contribution < -0.4 is 5.32 Å². The van der Waals surface area contributed by atoms with Gasteiger partial charge in [-0.05, 0) is 26.8 Å². The first kappa shape index (κ1) is 20.8. The van der Waals surface area contributed by atoms with Crippen molar-refractivity contribution in [3.05, 3.63) is 29.1 Å². The quantitative estimate of drug-likeness (QED) is 0.746. The standard InChI is InChI=1S/C21H27N5O3/c1-5-6-9-21(24-25-21)10-12-23-18(27)15-7-11-22-17-8-13-26(14-16(15)17)19(28)29-20(2,3)4/h1,7,11H,6,8-10,12-14H2,2-4H3,(H,23,27). The van der Waals surface area contributed by atoms with Gasteiger partial charge in [0.1, 0.15) is 5.60 Å². The molecule has 29 heavy (non-hydrogen) atoms. The Morgan fingerprint density at radius 2 is 2.10 bits per heavy atom. The molecule has 0 saturated carbocycles. The summed E-state index contributed by atoms with van der Waals surface area (Å²) in [6.45, 7) is 6.76. The molecular formula is C21H27N5O3. The monoisotopic (exact) mass is 397 g/mol. The second-order valence-corrected chi connectivity index (χ2v) is 8.33. The molecule has 0 atom stereocenters. The topological polar surface area (TPSA) is 96.2 Å². The predicted molar refractivity (Wildman–Crippen MR) is 107 cm³/mol. The van der Waals surface area contributed by atoms with Gasteiger partial charge in [0.15, 0.2) is 5.66 Å². The molecule has 0 radical (unpaired) electrons. The molecule has 0 spiro atoms. The van der Waals surface area contributed by atoms with Crippen molar-refractivity contribution >= 4 is 12.0 Å². The average Bonchev–Trinajstić information content (AvgIpc) is 3.44. The first-order valence-corrected chi connectivity index (χ1v) is 9.83. The van der Waals surface area contributed by atoms with Crippen LogP contribution in [-0.2, 0) is 17.7 Å². The van der Waals surface area contributed by atoms with Crippen LogP contribution in [0.25, 0.3) is 0 Å². The Morgan fingerprint density at radius 1 is 1.34 bits per heavy atom. The molecule has 1 aromatic heterocycles. The molecule has 3 rings (SSSR count). The molecule has 2 aliphatic heterocycles. The molecular weight excluding hydrogens is 370 g/mol. The summed E-state index contributed by atoms with van der Waals surface area (Å²) in [5.41, 5.74) is 1.15. The van der Waals surface area contributed by atoms with E-state index in [2.05, 4.69) is 26.4 Å². The highest BCUT2D eigenvalue weighted by atomic mass is 16.6. The maximum absolute atomic E-state index is 12.8. The van der Waals surface area contributed by atoms with Crippen LogP contribution in [0.5, 0.6) is 0 Å². The third-order valence-corrected chi connectivity index (χ3v) is 4.87. The van der Waals surface area contributed by atoms with Gasteiger partial charge in [0.25, 0.3) is 5.91 Å². The van der Waals surface area contributed by atoms with Crippen LogP contribution >= 0.6 is 0 Å². The van der Waals surface area contributed by atoms with Gasteiger partial charge in [0, 0.05) is 61.8 Å². The molecule has 2 amide bonds. The Kier molecular flexibility index (Phi) is 5.87. The van der Waals surface area contributed by atoms with Crippen LogP contribution in [-0.4, -0.2) is 46.2 Å². The number of pyridine rings is 1. The summed E-state index contributed by atoms with van der Waals surface area (Å²) in [6, 6.07) is 1.69. The normalized spacial score (nSPS) is 16.6. The number of terminal acetylenes is 1. The molecule has 0 aromatic carbocycles. The van der Waals surface area contributed by atoms with Gasteiger partial charge in [-0.2, -0.15) is 10.2 Å². The number of rotatable bonds is 6. The summed E-state index contributed by atoms with van der Waals surface area (Å²) in [4.78, 5) is 31.2. The molecule has 0 bridgehead atoms. The lowest BCUT2D eigenvalue weighted by molar-refractivity contribution is 0.0221. The fourth-order valence-corrected chi connectivity index (χ4v) is 3.27. The maximum Gasteiger partial charge on any atom is 0.410 e. The molecule has 3 heterocycles. The third kappa shape index (κ3) is 5.31. The zero-order valence-electron chi connectivity index (χ0n) is 17.2. The number of fused-ring (bicyclic) bond motifs is 1. The third-order valence-electron chi connectivity index (χ3n) is 4.87. The Bertz CT molecular complexity index is 860. The van der Waals surface area contributed by atoms with E-state index in [1.165, 1.54) is 0 Å². The number of nitrogens with zero attached hydrogens (tertiary/aromatic N) is 4. The minimum absolute atomic E-state index is 0.192. The number of nitrogens with one attached hydrogen (secondary N) is 1. The number of amides is 2. The van der Waals surface area contributed by atoms with E-state index in [-0.39, 0.29) is 12.0 Å². The minimum atomic E-state index is -0.569. The van der Waals surface area contributed by atoms with Gasteiger partial charge in [-0.3, -0.25) is 9.78 Å². The van der Waals surface area contributed by atoms with Crippen molar-refractivity contribution in [3.63, 3.8) is 0 Å². The Morgan fingerprint density at radius 3 is 2.76 bits per heavy atom. The van der Waals surface area contributed by atoms with Crippen LogP contribution in [0.2, 0.25) is 0 Å². The SMILES string of the molecule is C#CCCC1(CCNC(=O)c2ccnc3c2CN(C(=O)OC(C)(C)C)CC3)N=N1. The van der Waals surface area contributed by atoms with Crippen LogP contribution in [0, 0.1) is 12.3 Å². The lowest BCUT2D eigenvalue weighted by atomic mass is 9.99. The number of carbonyl (C=O) groups is 2. The van der Waals surface area contributed by atoms with E-state index < -0.39 is 11.3 Å². The van der Waals surface area contributed by atoms with Crippen LogP contribution in [0.15, 0.2) is 22.5 Å². The zero-order valence-corrected chi connectivity index (χ0v) is 17.2. The molecule has 8 nitrogen and oxygen atoms in total. The summed E-state index contributed by atoms with van der Waals surface area (Å²) < 4.78 is 5.47. The van der Waals surface area contributed by atoms with Crippen molar-refractivity contribution in [3.8, 4) is 12.3 Å². The highest BCUT2D eigenvalue weighted by molar-refractivity contribution is 5.96. The fourth-order valence-electron chi connectivity index (χ4n) is 3.27. The molecule has 2 aliphatic rings. The largest absolute Gasteiger partial charge is 0.444 e. The fraction of sp³-hybridized carbons (Fsp3) is 0.571. The summed E-state index contributed by atoms with van der Waals surface area (Å²) in [5, 5.41) is 11.1. The van der Waals surface area contributed by atoms with Crippen molar-refractivity contribution in [1.29, 1.82) is 0 Å². The summed E-state index contributed by atoms with van der Waals surface area (Å²) in [6.07, 6.45) is 9.08. The zero-order chi connectivity index (χ0) is 21.1. The minimum Gasteiger partial charge on any atom is -0.444 e. The van der Waals surface area contributed by atoms with Crippen LogP contribution in [0.1, 0.15) is 61.6 Å². The molecule has 1 aromatic rings. The van der Waals surface area contributed by atoms with E-state index in [9.17, 15) is 9.59 Å². The first-order valence-electron chi connectivity index (χ1n) is 9.83. The Labute approximate surface area is 171 Å². The summed E-state index contributed by atoms with van der Waals surface area (Å²) >= 11 is 0. The summed E-state index contributed by atoms with van der Waals surface area (Å²) in [7, 11) is 0. The van der Waals surface area contributed by atoms with Crippen molar-refractivity contribution in [1.82, 2.24) is 15.2 Å². The molecule has 154 valence electrons. The predicted octanol–water partition coefficient (Wildman–Crippen LogP) is 3.07. The van der Waals surface area contributed by atoms with Crippen LogP contribution in [0.3, 0.4) is 0 Å². The van der Waals surface area contributed by atoms with Gasteiger partial charge in [0.2, 0.25) is 0 Å². The van der Waals surface area contributed by atoms with Crippen molar-refractivity contribution in [2.45, 2.75) is 64.3 Å². The maximum atomic E-state index is 12.8. The molecule has 0 unspecified atom stereocenters.